The highest BCUT2D eigenvalue weighted by Crippen LogP contribution is 2.29. The van der Waals surface area contributed by atoms with E-state index in [1.807, 2.05) is 31.2 Å². The van der Waals surface area contributed by atoms with E-state index < -0.39 is 15.3 Å². The SMILES string of the molecule is Cc1nc(Nc2ccccn2)cc(C2CCCN(S(=O)(=O)C(C)C)C2)n1. The molecule has 2 aromatic rings. The number of nitrogens with one attached hydrogen (secondary N) is 1. The number of hydrogen-bond acceptors (Lipinski definition) is 6. The predicted octanol–water partition coefficient (Wildman–Crippen LogP) is 2.84. The van der Waals surface area contributed by atoms with Gasteiger partial charge in [0.25, 0.3) is 0 Å². The molecule has 2 aromatic heterocycles. The molecule has 1 atom stereocenters. The highest BCUT2D eigenvalue weighted by molar-refractivity contribution is 7.89. The van der Waals surface area contributed by atoms with Crippen LogP contribution in [0.4, 0.5) is 11.6 Å². The molecule has 26 heavy (non-hydrogen) atoms. The normalized spacial score (nSPS) is 18.8. The molecule has 0 aliphatic carbocycles. The molecule has 1 saturated heterocycles. The van der Waals surface area contributed by atoms with Crippen molar-refractivity contribution in [3.05, 3.63) is 42.0 Å². The summed E-state index contributed by atoms with van der Waals surface area (Å²) in [6, 6.07) is 7.53. The van der Waals surface area contributed by atoms with Gasteiger partial charge < -0.3 is 5.32 Å². The third kappa shape index (κ3) is 4.19. The third-order valence-corrected chi connectivity index (χ3v) is 6.78. The number of hydrogen-bond donors (Lipinski definition) is 1. The van der Waals surface area contributed by atoms with Crippen molar-refractivity contribution in [2.75, 3.05) is 18.4 Å². The fourth-order valence-electron chi connectivity index (χ4n) is 3.14. The lowest BCUT2D eigenvalue weighted by Crippen LogP contribution is -2.42. The molecule has 0 bridgehead atoms. The molecule has 1 N–H and O–H groups in total. The van der Waals surface area contributed by atoms with Gasteiger partial charge in [-0.15, -0.1) is 0 Å². The number of pyridine rings is 1. The summed E-state index contributed by atoms with van der Waals surface area (Å²) in [6.45, 7) is 6.35. The third-order valence-electron chi connectivity index (χ3n) is 4.54. The number of sulfonamides is 1. The average Bonchev–Trinajstić information content (AvgIpc) is 2.62. The summed E-state index contributed by atoms with van der Waals surface area (Å²) in [7, 11) is -3.25. The summed E-state index contributed by atoms with van der Waals surface area (Å²) in [5.74, 6) is 2.12. The Bertz CT molecular complexity index is 855. The zero-order chi connectivity index (χ0) is 18.7. The molecular weight excluding hydrogens is 350 g/mol. The summed E-state index contributed by atoms with van der Waals surface area (Å²) in [5, 5.41) is 2.78. The van der Waals surface area contributed by atoms with Crippen molar-refractivity contribution in [3.8, 4) is 0 Å². The average molecular weight is 375 g/mol. The van der Waals surface area contributed by atoms with Gasteiger partial charge in [0.05, 0.1) is 10.9 Å². The molecule has 3 rings (SSSR count). The van der Waals surface area contributed by atoms with Crippen molar-refractivity contribution in [2.45, 2.75) is 44.8 Å². The fourth-order valence-corrected chi connectivity index (χ4v) is 4.51. The highest BCUT2D eigenvalue weighted by Gasteiger charge is 2.32. The molecular formula is C18H25N5O2S. The van der Waals surface area contributed by atoms with Crippen LogP contribution in [0.15, 0.2) is 30.5 Å². The minimum atomic E-state index is -3.25. The number of aromatic nitrogens is 3. The van der Waals surface area contributed by atoms with Crippen LogP contribution in [0.1, 0.15) is 44.1 Å². The van der Waals surface area contributed by atoms with Gasteiger partial charge >= 0.3 is 0 Å². The maximum Gasteiger partial charge on any atom is 0.216 e. The summed E-state index contributed by atoms with van der Waals surface area (Å²) < 4.78 is 26.6. The van der Waals surface area contributed by atoms with Crippen molar-refractivity contribution in [1.29, 1.82) is 0 Å². The topological polar surface area (TPSA) is 88.1 Å². The van der Waals surface area contributed by atoms with E-state index in [9.17, 15) is 8.42 Å². The first-order chi connectivity index (χ1) is 12.4. The Balaban J connectivity index is 1.82. The van der Waals surface area contributed by atoms with Gasteiger partial charge in [-0.05, 0) is 45.7 Å². The van der Waals surface area contributed by atoms with Crippen molar-refractivity contribution in [1.82, 2.24) is 19.3 Å². The first-order valence-corrected chi connectivity index (χ1v) is 10.4. The Labute approximate surface area is 154 Å². The van der Waals surface area contributed by atoms with Crippen LogP contribution in [-0.2, 0) is 10.0 Å². The number of aryl methyl sites for hydroxylation is 1. The Morgan fingerprint density at radius 2 is 2.04 bits per heavy atom. The molecule has 0 aromatic carbocycles. The lowest BCUT2D eigenvalue weighted by atomic mass is 9.96. The quantitative estimate of drug-likeness (QED) is 0.864. The molecule has 7 nitrogen and oxygen atoms in total. The molecule has 1 aliphatic rings. The minimum absolute atomic E-state index is 0.0725. The van der Waals surface area contributed by atoms with Crippen LogP contribution < -0.4 is 5.32 Å². The fraction of sp³-hybridized carbons (Fsp3) is 0.500. The van der Waals surface area contributed by atoms with E-state index in [2.05, 4.69) is 20.3 Å². The zero-order valence-corrected chi connectivity index (χ0v) is 16.2. The first kappa shape index (κ1) is 18.7. The Morgan fingerprint density at radius 1 is 1.23 bits per heavy atom. The van der Waals surface area contributed by atoms with Crippen LogP contribution in [0, 0.1) is 6.92 Å². The number of rotatable bonds is 5. The molecule has 3 heterocycles. The lowest BCUT2D eigenvalue weighted by Gasteiger charge is -2.33. The van der Waals surface area contributed by atoms with Gasteiger partial charge in [0.15, 0.2) is 0 Å². The predicted molar refractivity (Wildman–Crippen MR) is 102 cm³/mol. The second-order valence-electron chi connectivity index (χ2n) is 6.86. The van der Waals surface area contributed by atoms with Crippen LogP contribution in [0.5, 0.6) is 0 Å². The second-order valence-corrected chi connectivity index (χ2v) is 9.35. The first-order valence-electron chi connectivity index (χ1n) is 8.89. The number of nitrogens with zero attached hydrogens (tertiary/aromatic N) is 4. The van der Waals surface area contributed by atoms with Crippen molar-refractivity contribution < 1.29 is 8.42 Å². The smallest absolute Gasteiger partial charge is 0.216 e. The molecule has 0 amide bonds. The van der Waals surface area contributed by atoms with Gasteiger partial charge in [-0.1, -0.05) is 6.07 Å². The summed E-state index contributed by atoms with van der Waals surface area (Å²) in [5.41, 5.74) is 0.875. The van der Waals surface area contributed by atoms with E-state index in [0.29, 0.717) is 30.5 Å². The van der Waals surface area contributed by atoms with Gasteiger partial charge in [0.1, 0.15) is 17.5 Å². The maximum absolute atomic E-state index is 12.5. The van der Waals surface area contributed by atoms with Crippen molar-refractivity contribution in [3.63, 3.8) is 0 Å². The van der Waals surface area contributed by atoms with Gasteiger partial charge in [0.2, 0.25) is 10.0 Å². The van der Waals surface area contributed by atoms with Crippen LogP contribution >= 0.6 is 0 Å². The molecule has 0 radical (unpaired) electrons. The standard InChI is InChI=1S/C18H25N5O2S/c1-13(2)26(24,25)23-10-6-7-15(12-23)16-11-18(21-14(3)20-16)22-17-8-4-5-9-19-17/h4-5,8-9,11,13,15H,6-7,10,12H2,1-3H3,(H,19,20,21,22). The largest absolute Gasteiger partial charge is 0.325 e. The van der Waals surface area contributed by atoms with Crippen LogP contribution in [0.2, 0.25) is 0 Å². The van der Waals surface area contributed by atoms with Crippen molar-refractivity contribution >= 4 is 21.7 Å². The van der Waals surface area contributed by atoms with E-state index in [1.54, 1.807) is 24.3 Å². The molecule has 1 unspecified atom stereocenters. The number of anilines is 2. The molecule has 0 saturated carbocycles. The van der Waals surface area contributed by atoms with Gasteiger partial charge in [0, 0.05) is 31.3 Å². The Hall–Kier alpha value is -2.06. The molecule has 1 aliphatic heterocycles. The van der Waals surface area contributed by atoms with E-state index in [1.165, 1.54) is 0 Å². The lowest BCUT2D eigenvalue weighted by molar-refractivity contribution is 0.310. The number of piperidine rings is 1. The zero-order valence-electron chi connectivity index (χ0n) is 15.4. The Kier molecular flexibility index (Phi) is 5.52. The van der Waals surface area contributed by atoms with E-state index >= 15 is 0 Å². The molecule has 0 spiro atoms. The van der Waals surface area contributed by atoms with E-state index in [-0.39, 0.29) is 5.92 Å². The molecule has 8 heteroatoms. The van der Waals surface area contributed by atoms with Crippen LogP contribution in [0.3, 0.4) is 0 Å². The van der Waals surface area contributed by atoms with Gasteiger partial charge in [-0.25, -0.2) is 27.7 Å². The van der Waals surface area contributed by atoms with Crippen LogP contribution in [0.25, 0.3) is 0 Å². The maximum atomic E-state index is 12.5. The second kappa shape index (κ2) is 7.67. The van der Waals surface area contributed by atoms with Gasteiger partial charge in [-0.2, -0.15) is 0 Å². The summed E-state index contributed by atoms with van der Waals surface area (Å²) >= 11 is 0. The van der Waals surface area contributed by atoms with Crippen LogP contribution in [-0.4, -0.2) is 46.0 Å². The highest BCUT2D eigenvalue weighted by atomic mass is 32.2. The molecule has 140 valence electrons. The van der Waals surface area contributed by atoms with E-state index in [4.69, 9.17) is 0 Å². The van der Waals surface area contributed by atoms with Gasteiger partial charge in [-0.3, -0.25) is 0 Å². The monoisotopic (exact) mass is 375 g/mol. The van der Waals surface area contributed by atoms with E-state index in [0.717, 1.165) is 18.5 Å². The summed E-state index contributed by atoms with van der Waals surface area (Å²) in [4.78, 5) is 13.2. The summed E-state index contributed by atoms with van der Waals surface area (Å²) in [6.07, 6.45) is 3.47. The minimum Gasteiger partial charge on any atom is -0.325 e. The van der Waals surface area contributed by atoms with Crippen molar-refractivity contribution in [2.24, 2.45) is 0 Å². The Morgan fingerprint density at radius 3 is 2.73 bits per heavy atom. The molecule has 1 fully saturated rings.